The molecule has 1 aromatic rings. The molecular formula is C10H10ClNO3S. The molecule has 86 valence electrons. The second kappa shape index (κ2) is 4.07. The summed E-state index contributed by atoms with van der Waals surface area (Å²) >= 11 is 7.06. The molecule has 0 unspecified atom stereocenters. The standard InChI is InChI=1S/C10H10ClNO3S/c1-15-9(14)10(2-3-10)8(13)12-7-4-6(11)5-16-7/h4-5H,2-3H2,1H3,(H,12,13). The SMILES string of the molecule is COC(=O)C1(C(=O)Nc2cc(Cl)cs2)CC1. The van der Waals surface area contributed by atoms with E-state index in [1.165, 1.54) is 18.4 Å². The fraction of sp³-hybridized carbons (Fsp3) is 0.400. The van der Waals surface area contributed by atoms with Crippen LogP contribution in [0.2, 0.25) is 5.02 Å². The zero-order valence-electron chi connectivity index (χ0n) is 8.58. The maximum Gasteiger partial charge on any atom is 0.321 e. The lowest BCUT2D eigenvalue weighted by Gasteiger charge is -2.11. The zero-order valence-corrected chi connectivity index (χ0v) is 10.2. The molecule has 1 saturated carbocycles. The lowest BCUT2D eigenvalue weighted by atomic mass is 10.1. The molecule has 6 heteroatoms. The molecule has 0 radical (unpaired) electrons. The Kier molecular flexibility index (Phi) is 2.90. The van der Waals surface area contributed by atoms with Gasteiger partial charge < -0.3 is 10.1 Å². The van der Waals surface area contributed by atoms with Gasteiger partial charge >= 0.3 is 5.97 Å². The normalized spacial score (nSPS) is 16.6. The summed E-state index contributed by atoms with van der Waals surface area (Å²) in [5.41, 5.74) is -0.967. The highest BCUT2D eigenvalue weighted by atomic mass is 35.5. The quantitative estimate of drug-likeness (QED) is 0.669. The van der Waals surface area contributed by atoms with E-state index in [0.717, 1.165) is 0 Å². The Balaban J connectivity index is 2.06. The van der Waals surface area contributed by atoms with E-state index >= 15 is 0 Å². The minimum atomic E-state index is -0.967. The summed E-state index contributed by atoms with van der Waals surface area (Å²) in [4.78, 5) is 23.3. The highest BCUT2D eigenvalue weighted by molar-refractivity contribution is 7.14. The van der Waals surface area contributed by atoms with Gasteiger partial charge in [0.1, 0.15) is 5.41 Å². The van der Waals surface area contributed by atoms with Crippen molar-refractivity contribution in [1.29, 1.82) is 0 Å². The van der Waals surface area contributed by atoms with Crippen LogP contribution < -0.4 is 5.32 Å². The summed E-state index contributed by atoms with van der Waals surface area (Å²) in [5, 5.41) is 5.61. The van der Waals surface area contributed by atoms with E-state index in [1.54, 1.807) is 11.4 Å². The number of rotatable bonds is 3. The predicted molar refractivity (Wildman–Crippen MR) is 61.6 cm³/mol. The Labute approximate surface area is 102 Å². The molecule has 1 aliphatic rings. The van der Waals surface area contributed by atoms with E-state index in [9.17, 15) is 9.59 Å². The molecule has 16 heavy (non-hydrogen) atoms. The van der Waals surface area contributed by atoms with Gasteiger partial charge in [-0.15, -0.1) is 11.3 Å². The molecule has 0 aliphatic heterocycles. The molecule has 1 fully saturated rings. The van der Waals surface area contributed by atoms with Crippen LogP contribution in [0, 0.1) is 5.41 Å². The summed E-state index contributed by atoms with van der Waals surface area (Å²) in [6.45, 7) is 0. The van der Waals surface area contributed by atoms with Gasteiger partial charge in [-0.2, -0.15) is 0 Å². The molecule has 2 rings (SSSR count). The number of halogens is 1. The molecule has 1 heterocycles. The molecule has 4 nitrogen and oxygen atoms in total. The Morgan fingerprint density at radius 2 is 2.25 bits per heavy atom. The van der Waals surface area contributed by atoms with Crippen molar-refractivity contribution in [1.82, 2.24) is 0 Å². The van der Waals surface area contributed by atoms with Crippen molar-refractivity contribution in [2.24, 2.45) is 5.41 Å². The van der Waals surface area contributed by atoms with E-state index in [0.29, 0.717) is 22.9 Å². The largest absolute Gasteiger partial charge is 0.468 e. The van der Waals surface area contributed by atoms with Gasteiger partial charge in [0.25, 0.3) is 0 Å². The third kappa shape index (κ3) is 1.92. The van der Waals surface area contributed by atoms with Crippen LogP contribution in [0.5, 0.6) is 0 Å². The van der Waals surface area contributed by atoms with Crippen molar-refractivity contribution >= 4 is 39.8 Å². The molecule has 0 saturated heterocycles. The average molecular weight is 260 g/mol. The second-order valence-electron chi connectivity index (χ2n) is 3.66. The second-order valence-corrected chi connectivity index (χ2v) is 5.00. The first-order chi connectivity index (χ1) is 7.58. The van der Waals surface area contributed by atoms with Gasteiger partial charge in [0.2, 0.25) is 5.91 Å². The summed E-state index contributed by atoms with van der Waals surface area (Å²) in [7, 11) is 1.29. The first kappa shape index (κ1) is 11.4. The Morgan fingerprint density at radius 1 is 1.56 bits per heavy atom. The summed E-state index contributed by atoms with van der Waals surface area (Å²) in [6, 6.07) is 1.65. The zero-order chi connectivity index (χ0) is 11.8. The van der Waals surface area contributed by atoms with Crippen molar-refractivity contribution in [3.8, 4) is 0 Å². The van der Waals surface area contributed by atoms with Crippen molar-refractivity contribution in [2.45, 2.75) is 12.8 Å². The number of esters is 1. The van der Waals surface area contributed by atoms with Crippen LogP contribution >= 0.6 is 22.9 Å². The van der Waals surface area contributed by atoms with Crippen LogP contribution in [0.25, 0.3) is 0 Å². The van der Waals surface area contributed by atoms with Gasteiger partial charge in [-0.1, -0.05) is 11.6 Å². The Bertz CT molecular complexity index is 439. The van der Waals surface area contributed by atoms with Crippen LogP contribution in [0.1, 0.15) is 12.8 Å². The van der Waals surface area contributed by atoms with Gasteiger partial charge in [-0.3, -0.25) is 9.59 Å². The summed E-state index contributed by atoms with van der Waals surface area (Å²) in [5.74, 6) is -0.773. The fourth-order valence-electron chi connectivity index (χ4n) is 1.45. The van der Waals surface area contributed by atoms with Gasteiger partial charge in [0.05, 0.1) is 17.1 Å². The van der Waals surface area contributed by atoms with E-state index < -0.39 is 11.4 Å². The monoisotopic (exact) mass is 259 g/mol. The maximum atomic E-state index is 11.9. The van der Waals surface area contributed by atoms with Crippen LogP contribution in [0.4, 0.5) is 5.00 Å². The molecule has 0 aromatic carbocycles. The fourth-order valence-corrected chi connectivity index (χ4v) is 2.42. The number of amides is 1. The highest BCUT2D eigenvalue weighted by Crippen LogP contribution is 2.47. The minimum Gasteiger partial charge on any atom is -0.468 e. The lowest BCUT2D eigenvalue weighted by Crippen LogP contribution is -2.32. The molecule has 0 spiro atoms. The lowest BCUT2D eigenvalue weighted by molar-refractivity contribution is -0.150. The minimum absolute atomic E-state index is 0.308. The number of ether oxygens (including phenoxy) is 1. The van der Waals surface area contributed by atoms with E-state index in [-0.39, 0.29) is 5.91 Å². The van der Waals surface area contributed by atoms with Crippen molar-refractivity contribution in [3.63, 3.8) is 0 Å². The van der Waals surface area contributed by atoms with Gasteiger partial charge in [-0.25, -0.2) is 0 Å². The Hall–Kier alpha value is -1.07. The summed E-state index contributed by atoms with van der Waals surface area (Å²) < 4.78 is 4.62. The number of anilines is 1. The highest BCUT2D eigenvalue weighted by Gasteiger charge is 2.57. The molecule has 1 aromatic heterocycles. The van der Waals surface area contributed by atoms with Crippen LogP contribution in [-0.4, -0.2) is 19.0 Å². The smallest absolute Gasteiger partial charge is 0.321 e. The van der Waals surface area contributed by atoms with E-state index in [1.807, 2.05) is 0 Å². The molecule has 1 aliphatic carbocycles. The average Bonchev–Trinajstić information content (AvgIpc) is 2.98. The van der Waals surface area contributed by atoms with Gasteiger partial charge in [0.15, 0.2) is 0 Å². The van der Waals surface area contributed by atoms with Gasteiger partial charge in [0, 0.05) is 5.38 Å². The number of hydrogen-bond acceptors (Lipinski definition) is 4. The van der Waals surface area contributed by atoms with E-state index in [2.05, 4.69) is 10.1 Å². The molecular weight excluding hydrogens is 250 g/mol. The third-order valence-electron chi connectivity index (χ3n) is 2.56. The molecule has 0 atom stereocenters. The number of carbonyl (C=O) groups excluding carboxylic acids is 2. The first-order valence-electron chi connectivity index (χ1n) is 4.72. The maximum absolute atomic E-state index is 11.9. The topological polar surface area (TPSA) is 55.4 Å². The number of nitrogens with one attached hydrogen (secondary N) is 1. The third-order valence-corrected chi connectivity index (χ3v) is 3.76. The predicted octanol–water partition coefficient (Wildman–Crippen LogP) is 2.29. The van der Waals surface area contributed by atoms with Crippen LogP contribution in [-0.2, 0) is 14.3 Å². The van der Waals surface area contributed by atoms with Crippen molar-refractivity contribution < 1.29 is 14.3 Å². The van der Waals surface area contributed by atoms with Crippen molar-refractivity contribution in [3.05, 3.63) is 16.5 Å². The van der Waals surface area contributed by atoms with Gasteiger partial charge in [-0.05, 0) is 18.9 Å². The number of carbonyl (C=O) groups is 2. The molecule has 0 bridgehead atoms. The molecule has 1 N–H and O–H groups in total. The Morgan fingerprint density at radius 3 is 2.69 bits per heavy atom. The van der Waals surface area contributed by atoms with Crippen LogP contribution in [0.15, 0.2) is 11.4 Å². The van der Waals surface area contributed by atoms with Crippen LogP contribution in [0.3, 0.4) is 0 Å². The first-order valence-corrected chi connectivity index (χ1v) is 5.98. The number of hydrogen-bond donors (Lipinski definition) is 1. The number of thiophene rings is 1. The molecule has 1 amide bonds. The van der Waals surface area contributed by atoms with Crippen molar-refractivity contribution in [2.75, 3.05) is 12.4 Å². The van der Waals surface area contributed by atoms with E-state index in [4.69, 9.17) is 11.6 Å². The summed E-state index contributed by atoms with van der Waals surface area (Å²) in [6.07, 6.45) is 1.09. The number of methoxy groups -OCH3 is 1.